The standard InChI is InChI=1S/C14H16ClNO3S/c15-11-3-1-10(2-4-11)14(5-6-14)13(19)16-7-8-20-9-12(17)18/h1-4H,5-9H2,(H,16,19)(H,17,18). The predicted octanol–water partition coefficient (Wildman–Crippen LogP) is 2.31. The molecular weight excluding hydrogens is 298 g/mol. The number of carbonyl (C=O) groups excluding carboxylic acids is 1. The highest BCUT2D eigenvalue weighted by Crippen LogP contribution is 2.48. The Labute approximate surface area is 126 Å². The highest BCUT2D eigenvalue weighted by atomic mass is 35.5. The molecule has 1 fully saturated rings. The number of rotatable bonds is 7. The lowest BCUT2D eigenvalue weighted by molar-refractivity contribution is -0.133. The molecule has 20 heavy (non-hydrogen) atoms. The number of aliphatic carboxylic acids is 1. The number of halogens is 1. The Morgan fingerprint density at radius 1 is 1.30 bits per heavy atom. The molecule has 0 heterocycles. The second-order valence-electron chi connectivity index (χ2n) is 4.79. The van der Waals surface area contributed by atoms with Crippen LogP contribution in [0.1, 0.15) is 18.4 Å². The second kappa shape index (κ2) is 6.50. The van der Waals surface area contributed by atoms with Gasteiger partial charge in [0.1, 0.15) is 0 Å². The fourth-order valence-corrected chi connectivity index (χ4v) is 2.80. The molecule has 1 aromatic rings. The number of nitrogens with one attached hydrogen (secondary N) is 1. The van der Waals surface area contributed by atoms with Crippen LogP contribution in [0.5, 0.6) is 0 Å². The summed E-state index contributed by atoms with van der Waals surface area (Å²) in [5.41, 5.74) is 0.597. The lowest BCUT2D eigenvalue weighted by Crippen LogP contribution is -2.36. The minimum absolute atomic E-state index is 0.0238. The molecule has 1 aliphatic carbocycles. The van der Waals surface area contributed by atoms with E-state index in [4.69, 9.17) is 16.7 Å². The van der Waals surface area contributed by atoms with Crippen LogP contribution in [0.4, 0.5) is 0 Å². The molecule has 0 radical (unpaired) electrons. The average molecular weight is 314 g/mol. The van der Waals surface area contributed by atoms with E-state index in [1.54, 1.807) is 12.1 Å². The number of hydrogen-bond acceptors (Lipinski definition) is 3. The number of carboxylic acid groups (broad SMARTS) is 1. The van der Waals surface area contributed by atoms with Gasteiger partial charge in [-0.2, -0.15) is 0 Å². The summed E-state index contributed by atoms with van der Waals surface area (Å²) in [6.45, 7) is 0.492. The third-order valence-corrected chi connectivity index (χ3v) is 4.53. The molecule has 0 atom stereocenters. The van der Waals surface area contributed by atoms with Crippen molar-refractivity contribution >= 4 is 35.2 Å². The summed E-state index contributed by atoms with van der Waals surface area (Å²) in [5.74, 6) is -0.135. The van der Waals surface area contributed by atoms with Crippen LogP contribution < -0.4 is 5.32 Å². The number of amides is 1. The van der Waals surface area contributed by atoms with Gasteiger partial charge in [0.15, 0.2) is 0 Å². The maximum Gasteiger partial charge on any atom is 0.313 e. The van der Waals surface area contributed by atoms with Crippen molar-refractivity contribution in [3.63, 3.8) is 0 Å². The highest BCUT2D eigenvalue weighted by Gasteiger charge is 2.50. The van der Waals surface area contributed by atoms with Crippen molar-refractivity contribution in [1.29, 1.82) is 0 Å². The molecule has 0 unspecified atom stereocenters. The summed E-state index contributed by atoms with van der Waals surface area (Å²) < 4.78 is 0. The summed E-state index contributed by atoms with van der Waals surface area (Å²) in [4.78, 5) is 22.6. The monoisotopic (exact) mass is 313 g/mol. The molecule has 0 aliphatic heterocycles. The lowest BCUT2D eigenvalue weighted by atomic mass is 9.95. The largest absolute Gasteiger partial charge is 0.481 e. The lowest BCUT2D eigenvalue weighted by Gasteiger charge is -2.15. The molecule has 2 rings (SSSR count). The normalized spacial score (nSPS) is 15.7. The van der Waals surface area contributed by atoms with E-state index in [0.717, 1.165) is 18.4 Å². The summed E-state index contributed by atoms with van der Waals surface area (Å²) in [6.07, 6.45) is 1.70. The molecule has 6 heteroatoms. The molecule has 1 aromatic carbocycles. The molecule has 0 aromatic heterocycles. The van der Waals surface area contributed by atoms with E-state index in [1.165, 1.54) is 11.8 Å². The topological polar surface area (TPSA) is 66.4 Å². The van der Waals surface area contributed by atoms with E-state index in [9.17, 15) is 9.59 Å². The summed E-state index contributed by atoms with van der Waals surface area (Å²) >= 11 is 7.15. The van der Waals surface area contributed by atoms with E-state index in [2.05, 4.69) is 5.32 Å². The van der Waals surface area contributed by atoms with E-state index < -0.39 is 11.4 Å². The fraction of sp³-hybridized carbons (Fsp3) is 0.429. The van der Waals surface area contributed by atoms with Gasteiger partial charge in [-0.25, -0.2) is 0 Å². The van der Waals surface area contributed by atoms with Crippen LogP contribution in [-0.4, -0.2) is 35.0 Å². The minimum atomic E-state index is -0.832. The van der Waals surface area contributed by atoms with E-state index >= 15 is 0 Å². The molecule has 0 saturated heterocycles. The third kappa shape index (κ3) is 3.67. The van der Waals surface area contributed by atoms with Crippen LogP contribution in [0.2, 0.25) is 5.02 Å². The Hall–Kier alpha value is -1.20. The van der Waals surface area contributed by atoms with Crippen LogP contribution in [-0.2, 0) is 15.0 Å². The minimum Gasteiger partial charge on any atom is -0.481 e. The third-order valence-electron chi connectivity index (χ3n) is 3.34. The zero-order valence-electron chi connectivity index (χ0n) is 10.9. The number of carbonyl (C=O) groups is 2. The van der Waals surface area contributed by atoms with Crippen LogP contribution in [0.15, 0.2) is 24.3 Å². The van der Waals surface area contributed by atoms with Gasteiger partial charge in [0.05, 0.1) is 11.2 Å². The van der Waals surface area contributed by atoms with Crippen molar-refractivity contribution in [2.45, 2.75) is 18.3 Å². The van der Waals surface area contributed by atoms with Crippen molar-refractivity contribution < 1.29 is 14.7 Å². The first-order chi connectivity index (χ1) is 9.54. The molecule has 0 spiro atoms. The number of thioether (sulfide) groups is 1. The molecule has 1 amide bonds. The van der Waals surface area contributed by atoms with Gasteiger partial charge < -0.3 is 10.4 Å². The van der Waals surface area contributed by atoms with Gasteiger partial charge in [0, 0.05) is 17.3 Å². The highest BCUT2D eigenvalue weighted by molar-refractivity contribution is 7.99. The Morgan fingerprint density at radius 2 is 1.95 bits per heavy atom. The first-order valence-corrected chi connectivity index (χ1v) is 7.92. The van der Waals surface area contributed by atoms with E-state index in [0.29, 0.717) is 17.3 Å². The maximum absolute atomic E-state index is 12.2. The predicted molar refractivity (Wildman–Crippen MR) is 80.3 cm³/mol. The molecule has 1 aliphatic rings. The Bertz CT molecular complexity index is 500. The molecule has 2 N–H and O–H groups in total. The molecule has 108 valence electrons. The number of hydrogen-bond donors (Lipinski definition) is 2. The fourth-order valence-electron chi connectivity index (χ4n) is 2.11. The second-order valence-corrected chi connectivity index (χ2v) is 6.33. The Morgan fingerprint density at radius 3 is 2.50 bits per heavy atom. The van der Waals surface area contributed by atoms with Gasteiger partial charge in [-0.1, -0.05) is 23.7 Å². The van der Waals surface area contributed by atoms with Gasteiger partial charge in [0.25, 0.3) is 0 Å². The van der Waals surface area contributed by atoms with E-state index in [1.807, 2.05) is 12.1 Å². The van der Waals surface area contributed by atoms with Gasteiger partial charge in [-0.05, 0) is 30.5 Å². The SMILES string of the molecule is O=C(O)CSCCNC(=O)C1(c2ccc(Cl)cc2)CC1. The first-order valence-electron chi connectivity index (χ1n) is 6.38. The summed E-state index contributed by atoms with van der Waals surface area (Å²) in [6, 6.07) is 7.39. The van der Waals surface area contributed by atoms with Crippen molar-refractivity contribution in [3.05, 3.63) is 34.9 Å². The van der Waals surface area contributed by atoms with Gasteiger partial charge >= 0.3 is 5.97 Å². The first kappa shape index (κ1) is 15.2. The van der Waals surface area contributed by atoms with E-state index in [-0.39, 0.29) is 11.7 Å². The maximum atomic E-state index is 12.2. The molecule has 1 saturated carbocycles. The number of carboxylic acids is 1. The van der Waals surface area contributed by atoms with Gasteiger partial charge in [-0.3, -0.25) is 9.59 Å². The molecular formula is C14H16ClNO3S. The average Bonchev–Trinajstić information content (AvgIpc) is 3.20. The van der Waals surface area contributed by atoms with Crippen LogP contribution >= 0.6 is 23.4 Å². The quantitative estimate of drug-likeness (QED) is 0.758. The summed E-state index contributed by atoms with van der Waals surface area (Å²) in [5, 5.41) is 12.1. The summed E-state index contributed by atoms with van der Waals surface area (Å²) in [7, 11) is 0. The van der Waals surface area contributed by atoms with Crippen molar-refractivity contribution in [2.24, 2.45) is 0 Å². The Kier molecular flexibility index (Phi) is 4.94. The Balaban J connectivity index is 1.83. The van der Waals surface area contributed by atoms with Crippen molar-refractivity contribution in [2.75, 3.05) is 18.1 Å². The van der Waals surface area contributed by atoms with Crippen LogP contribution in [0.25, 0.3) is 0 Å². The molecule has 0 bridgehead atoms. The van der Waals surface area contributed by atoms with Crippen molar-refractivity contribution in [3.8, 4) is 0 Å². The zero-order valence-corrected chi connectivity index (χ0v) is 12.5. The van der Waals surface area contributed by atoms with Crippen LogP contribution in [0.3, 0.4) is 0 Å². The smallest absolute Gasteiger partial charge is 0.313 e. The number of benzene rings is 1. The molecule has 4 nitrogen and oxygen atoms in total. The zero-order chi connectivity index (χ0) is 14.6. The van der Waals surface area contributed by atoms with Crippen molar-refractivity contribution in [1.82, 2.24) is 5.32 Å². The van der Waals surface area contributed by atoms with Crippen LogP contribution in [0, 0.1) is 0 Å². The van der Waals surface area contributed by atoms with Gasteiger partial charge in [-0.15, -0.1) is 11.8 Å². The van der Waals surface area contributed by atoms with Gasteiger partial charge in [0.2, 0.25) is 5.91 Å².